The van der Waals surface area contributed by atoms with Crippen molar-refractivity contribution in [3.63, 3.8) is 0 Å². The van der Waals surface area contributed by atoms with Gasteiger partial charge in [0.25, 0.3) is 0 Å². The van der Waals surface area contributed by atoms with Crippen molar-refractivity contribution in [1.29, 1.82) is 0 Å². The summed E-state index contributed by atoms with van der Waals surface area (Å²) < 4.78 is 10.5. The molecule has 1 rings (SSSR count). The number of ether oxygens (including phenoxy) is 2. The van der Waals surface area contributed by atoms with E-state index in [2.05, 4.69) is 6.92 Å². The number of carbonyl (C=O) groups is 2. The zero-order valence-corrected chi connectivity index (χ0v) is 14.3. The predicted octanol–water partition coefficient (Wildman–Crippen LogP) is 3.91. The van der Waals surface area contributed by atoms with Crippen LogP contribution in [-0.4, -0.2) is 31.6 Å². The van der Waals surface area contributed by atoms with Gasteiger partial charge < -0.3 is 9.47 Å². The summed E-state index contributed by atoms with van der Waals surface area (Å²) in [5, 5.41) is 0. The fourth-order valence-corrected chi connectivity index (χ4v) is 3.03. The van der Waals surface area contributed by atoms with Crippen LogP contribution in [0.4, 0.5) is 0 Å². The van der Waals surface area contributed by atoms with Crippen LogP contribution < -0.4 is 0 Å². The van der Waals surface area contributed by atoms with E-state index < -0.39 is 0 Å². The minimum atomic E-state index is -0.256. The second-order valence-electron chi connectivity index (χ2n) is 6.24. The lowest BCUT2D eigenvalue weighted by molar-refractivity contribution is -0.144. The van der Waals surface area contributed by atoms with E-state index in [-0.39, 0.29) is 24.1 Å². The molecule has 1 saturated carbocycles. The molecule has 4 nitrogen and oxygen atoms in total. The van der Waals surface area contributed by atoms with Gasteiger partial charge in [0, 0.05) is 25.6 Å². The molecular weight excluding hydrogens is 280 g/mol. The van der Waals surface area contributed by atoms with Crippen molar-refractivity contribution in [2.45, 2.75) is 71.6 Å². The molecule has 128 valence electrons. The van der Waals surface area contributed by atoms with E-state index in [1.165, 1.54) is 6.42 Å². The van der Waals surface area contributed by atoms with Gasteiger partial charge in [0.2, 0.25) is 0 Å². The molecule has 1 aliphatic carbocycles. The minimum absolute atomic E-state index is 0.159. The molecule has 0 aliphatic heterocycles. The zero-order chi connectivity index (χ0) is 16.2. The summed E-state index contributed by atoms with van der Waals surface area (Å²) in [6.07, 6.45) is 8.20. The van der Waals surface area contributed by atoms with Crippen molar-refractivity contribution < 1.29 is 19.1 Å². The maximum atomic E-state index is 12.1. The molecular formula is C18H32O4. The third-order valence-electron chi connectivity index (χ3n) is 4.50. The van der Waals surface area contributed by atoms with E-state index in [4.69, 9.17) is 9.47 Å². The van der Waals surface area contributed by atoms with Crippen molar-refractivity contribution in [1.82, 2.24) is 0 Å². The van der Waals surface area contributed by atoms with Gasteiger partial charge in [0.1, 0.15) is 5.78 Å². The standard InChI is InChI=1S/C18H32O4/c1-3-5-13-21-14-12-15-6-8-16(9-7-15)17(19)10-11-18(20)22-4-2/h15-16H,3-14H2,1-2H3. The molecule has 0 aromatic carbocycles. The minimum Gasteiger partial charge on any atom is -0.466 e. The summed E-state index contributed by atoms with van der Waals surface area (Å²) in [7, 11) is 0. The lowest BCUT2D eigenvalue weighted by atomic mass is 9.78. The van der Waals surface area contributed by atoms with Gasteiger partial charge in [-0.25, -0.2) is 0 Å². The largest absolute Gasteiger partial charge is 0.466 e. The van der Waals surface area contributed by atoms with Crippen LogP contribution in [0, 0.1) is 11.8 Å². The molecule has 0 heterocycles. The Morgan fingerprint density at radius 1 is 1.00 bits per heavy atom. The van der Waals surface area contributed by atoms with Gasteiger partial charge in [-0.1, -0.05) is 13.3 Å². The molecule has 0 atom stereocenters. The summed E-state index contributed by atoms with van der Waals surface area (Å²) in [5.41, 5.74) is 0. The number of unbranched alkanes of at least 4 members (excludes halogenated alkanes) is 1. The lowest BCUT2D eigenvalue weighted by Crippen LogP contribution is -2.23. The van der Waals surface area contributed by atoms with Crippen LogP contribution in [0.25, 0.3) is 0 Å². The number of ketones is 1. The Morgan fingerprint density at radius 3 is 2.36 bits per heavy atom. The topological polar surface area (TPSA) is 52.6 Å². The lowest BCUT2D eigenvalue weighted by Gasteiger charge is -2.27. The summed E-state index contributed by atoms with van der Waals surface area (Å²) in [4.78, 5) is 23.4. The van der Waals surface area contributed by atoms with E-state index in [0.29, 0.717) is 18.9 Å². The molecule has 1 fully saturated rings. The molecule has 0 spiro atoms. The zero-order valence-electron chi connectivity index (χ0n) is 14.3. The average molecular weight is 312 g/mol. The van der Waals surface area contributed by atoms with E-state index in [9.17, 15) is 9.59 Å². The fourth-order valence-electron chi connectivity index (χ4n) is 3.03. The smallest absolute Gasteiger partial charge is 0.306 e. The third kappa shape index (κ3) is 7.92. The first-order valence-corrected chi connectivity index (χ1v) is 8.93. The van der Waals surface area contributed by atoms with Gasteiger partial charge >= 0.3 is 5.97 Å². The van der Waals surface area contributed by atoms with E-state index in [0.717, 1.165) is 51.7 Å². The Morgan fingerprint density at radius 2 is 1.73 bits per heavy atom. The summed E-state index contributed by atoms with van der Waals surface area (Å²) in [6, 6.07) is 0. The summed E-state index contributed by atoms with van der Waals surface area (Å²) >= 11 is 0. The molecule has 0 unspecified atom stereocenters. The van der Waals surface area contributed by atoms with Gasteiger partial charge in [0.15, 0.2) is 0 Å². The van der Waals surface area contributed by atoms with Gasteiger partial charge in [-0.05, 0) is 51.4 Å². The molecule has 22 heavy (non-hydrogen) atoms. The molecule has 1 aliphatic rings. The highest BCUT2D eigenvalue weighted by Gasteiger charge is 2.26. The molecule has 0 radical (unpaired) electrons. The number of hydrogen-bond donors (Lipinski definition) is 0. The Bertz CT molecular complexity index is 319. The van der Waals surface area contributed by atoms with Crippen LogP contribution in [0.3, 0.4) is 0 Å². The number of carbonyl (C=O) groups excluding carboxylic acids is 2. The van der Waals surface area contributed by atoms with Gasteiger partial charge in [-0.15, -0.1) is 0 Å². The predicted molar refractivity (Wildman–Crippen MR) is 86.7 cm³/mol. The Balaban J connectivity index is 2.11. The van der Waals surface area contributed by atoms with E-state index in [1.54, 1.807) is 6.92 Å². The van der Waals surface area contributed by atoms with Crippen molar-refractivity contribution >= 4 is 11.8 Å². The van der Waals surface area contributed by atoms with E-state index >= 15 is 0 Å². The van der Waals surface area contributed by atoms with Crippen LogP contribution in [0.5, 0.6) is 0 Å². The van der Waals surface area contributed by atoms with Gasteiger partial charge in [-0.3, -0.25) is 9.59 Å². The highest BCUT2D eigenvalue weighted by molar-refractivity contribution is 5.84. The van der Waals surface area contributed by atoms with Crippen molar-refractivity contribution in [2.24, 2.45) is 11.8 Å². The second-order valence-corrected chi connectivity index (χ2v) is 6.24. The van der Waals surface area contributed by atoms with Gasteiger partial charge in [-0.2, -0.15) is 0 Å². The van der Waals surface area contributed by atoms with Crippen LogP contribution in [0.1, 0.15) is 71.6 Å². The third-order valence-corrected chi connectivity index (χ3v) is 4.50. The SMILES string of the molecule is CCCCOCCC1CCC(C(=O)CCC(=O)OCC)CC1. The number of rotatable bonds is 11. The molecule has 0 aromatic heterocycles. The first-order valence-electron chi connectivity index (χ1n) is 8.93. The first kappa shape index (κ1) is 19.1. The van der Waals surface area contributed by atoms with Crippen LogP contribution in [0.2, 0.25) is 0 Å². The quantitative estimate of drug-likeness (QED) is 0.429. The van der Waals surface area contributed by atoms with Crippen molar-refractivity contribution in [3.05, 3.63) is 0 Å². The van der Waals surface area contributed by atoms with Crippen LogP contribution in [-0.2, 0) is 19.1 Å². The van der Waals surface area contributed by atoms with Crippen molar-refractivity contribution in [3.8, 4) is 0 Å². The number of hydrogen-bond acceptors (Lipinski definition) is 4. The molecule has 0 amide bonds. The molecule has 4 heteroatoms. The number of Topliss-reactive ketones (excluding diaryl/α,β-unsaturated/α-hetero) is 1. The number of esters is 1. The maximum Gasteiger partial charge on any atom is 0.306 e. The highest BCUT2D eigenvalue weighted by Crippen LogP contribution is 2.32. The van der Waals surface area contributed by atoms with Gasteiger partial charge in [0.05, 0.1) is 13.0 Å². The molecule has 0 aromatic rings. The Kier molecular flexibility index (Phi) is 10.1. The molecule has 0 saturated heterocycles. The van der Waals surface area contributed by atoms with Crippen LogP contribution >= 0.6 is 0 Å². The highest BCUT2D eigenvalue weighted by atomic mass is 16.5. The van der Waals surface area contributed by atoms with Crippen LogP contribution in [0.15, 0.2) is 0 Å². The second kappa shape index (κ2) is 11.6. The van der Waals surface area contributed by atoms with E-state index in [1.807, 2.05) is 0 Å². The maximum absolute atomic E-state index is 12.1. The van der Waals surface area contributed by atoms with Crippen molar-refractivity contribution in [2.75, 3.05) is 19.8 Å². The summed E-state index contributed by atoms with van der Waals surface area (Å²) in [5.74, 6) is 0.849. The normalized spacial score (nSPS) is 21.5. The fraction of sp³-hybridized carbons (Fsp3) is 0.889. The monoisotopic (exact) mass is 312 g/mol. The average Bonchev–Trinajstić information content (AvgIpc) is 2.53. The Labute approximate surface area is 134 Å². The molecule has 0 N–H and O–H groups in total. The Hall–Kier alpha value is -0.900. The first-order chi connectivity index (χ1) is 10.7. The summed E-state index contributed by atoms with van der Waals surface area (Å²) in [6.45, 7) is 6.07. The molecule has 0 bridgehead atoms.